The highest BCUT2D eigenvalue weighted by molar-refractivity contribution is 5.05. The summed E-state index contributed by atoms with van der Waals surface area (Å²) in [5.74, 6) is 0. The molecule has 0 aromatic heterocycles. The molecule has 0 amide bonds. The lowest BCUT2D eigenvalue weighted by Crippen LogP contribution is -2.09. The van der Waals surface area contributed by atoms with Gasteiger partial charge in [0, 0.05) is 0 Å². The lowest BCUT2D eigenvalue weighted by atomic mass is 10.3. The summed E-state index contributed by atoms with van der Waals surface area (Å²) < 4.78 is 55.7. The second-order valence-corrected chi connectivity index (χ2v) is 1.38. The molecule has 0 atom stereocenters. The Kier molecular flexibility index (Phi) is 6.03. The molecule has 0 saturated carbocycles. The molecule has 0 rings (SSSR count). The summed E-state index contributed by atoms with van der Waals surface area (Å²) in [4.78, 5) is 0. The van der Waals surface area contributed by atoms with Crippen molar-refractivity contribution in [2.24, 2.45) is 0 Å². The fourth-order valence-electron chi connectivity index (χ4n) is 0.107. The Morgan fingerprint density at radius 1 is 1.00 bits per heavy atom. The van der Waals surface area contributed by atoms with Crippen LogP contribution < -0.4 is 0 Å². The van der Waals surface area contributed by atoms with Crippen LogP contribution in [0.2, 0.25) is 0 Å². The first-order chi connectivity index (χ1) is 4.85. The van der Waals surface area contributed by atoms with Crippen LogP contribution in [0.15, 0.2) is 11.7 Å². The van der Waals surface area contributed by atoms with Crippen molar-refractivity contribution in [3.05, 3.63) is 11.7 Å². The van der Waals surface area contributed by atoms with Gasteiger partial charge >= 0.3 is 6.18 Å². The van der Waals surface area contributed by atoms with E-state index in [9.17, 15) is 22.0 Å². The van der Waals surface area contributed by atoms with Crippen molar-refractivity contribution in [2.45, 2.75) is 26.9 Å². The number of halogens is 5. The van der Waals surface area contributed by atoms with Crippen LogP contribution in [0.3, 0.4) is 0 Å². The van der Waals surface area contributed by atoms with Gasteiger partial charge < -0.3 is 0 Å². The molecule has 0 heterocycles. The fraction of sp³-hybridized carbons (Fsp3) is 0.667. The average molecular weight is 176 g/mol. The number of hydrogen-bond donors (Lipinski definition) is 0. The second-order valence-electron chi connectivity index (χ2n) is 1.38. The van der Waals surface area contributed by atoms with Crippen molar-refractivity contribution in [1.82, 2.24) is 0 Å². The van der Waals surface area contributed by atoms with Crippen molar-refractivity contribution in [2.75, 3.05) is 0 Å². The maximum Gasteiger partial charge on any atom is 0.417 e. The molecule has 11 heavy (non-hydrogen) atoms. The molecule has 5 heteroatoms. The molecule has 0 aromatic carbocycles. The van der Waals surface area contributed by atoms with Gasteiger partial charge in [0.05, 0.1) is 5.57 Å². The zero-order valence-electron chi connectivity index (χ0n) is 6.39. The van der Waals surface area contributed by atoms with Crippen LogP contribution in [0.1, 0.15) is 20.8 Å². The molecule has 0 N–H and O–H groups in total. The molecule has 0 aliphatic carbocycles. The summed E-state index contributed by atoms with van der Waals surface area (Å²) in [5, 5.41) is 0. The lowest BCUT2D eigenvalue weighted by Gasteiger charge is -2.02. The van der Waals surface area contributed by atoms with E-state index >= 15 is 0 Å². The zero-order valence-corrected chi connectivity index (χ0v) is 6.39. The van der Waals surface area contributed by atoms with E-state index in [0.717, 1.165) is 0 Å². The fourth-order valence-corrected chi connectivity index (χ4v) is 0.107. The molecule has 0 aliphatic rings. The van der Waals surface area contributed by atoms with E-state index in [1.807, 2.05) is 13.8 Å². The SMILES string of the molecule is CC.CC(=C(F)F)C(F)(F)F. The molecular weight excluding hydrogens is 167 g/mol. The van der Waals surface area contributed by atoms with Crippen molar-refractivity contribution in [3.8, 4) is 0 Å². The molecule has 0 bridgehead atoms. The monoisotopic (exact) mass is 176 g/mol. The van der Waals surface area contributed by atoms with Crippen LogP contribution in [0.4, 0.5) is 22.0 Å². The minimum Gasteiger partial charge on any atom is -0.173 e. The Morgan fingerprint density at radius 2 is 1.27 bits per heavy atom. The number of alkyl halides is 3. The van der Waals surface area contributed by atoms with Gasteiger partial charge in [0.2, 0.25) is 0 Å². The van der Waals surface area contributed by atoms with Gasteiger partial charge in [-0.3, -0.25) is 0 Å². The Morgan fingerprint density at radius 3 is 1.27 bits per heavy atom. The molecular formula is C6H9F5. The predicted molar refractivity (Wildman–Crippen MR) is 32.3 cm³/mol. The van der Waals surface area contributed by atoms with E-state index in [4.69, 9.17) is 0 Å². The quantitative estimate of drug-likeness (QED) is 0.493. The van der Waals surface area contributed by atoms with E-state index in [1.165, 1.54) is 0 Å². The molecule has 0 spiro atoms. The van der Waals surface area contributed by atoms with Crippen molar-refractivity contribution >= 4 is 0 Å². The molecule has 0 nitrogen and oxygen atoms in total. The molecule has 68 valence electrons. The third-order valence-electron chi connectivity index (χ3n) is 0.709. The van der Waals surface area contributed by atoms with Crippen LogP contribution in [-0.4, -0.2) is 6.18 Å². The van der Waals surface area contributed by atoms with Crippen molar-refractivity contribution < 1.29 is 22.0 Å². The number of allylic oxidation sites excluding steroid dienone is 1. The second kappa shape index (κ2) is 5.09. The number of rotatable bonds is 0. The molecule has 0 radical (unpaired) electrons. The van der Waals surface area contributed by atoms with Crippen LogP contribution in [0, 0.1) is 0 Å². The minimum atomic E-state index is -4.89. The van der Waals surface area contributed by atoms with Gasteiger partial charge in [0.15, 0.2) is 0 Å². The maximum absolute atomic E-state index is 11.2. The first kappa shape index (κ1) is 13.0. The van der Waals surface area contributed by atoms with E-state index in [1.54, 1.807) is 0 Å². The zero-order chi connectivity index (χ0) is 9.65. The minimum absolute atomic E-state index is 0.329. The molecule has 0 saturated heterocycles. The lowest BCUT2D eigenvalue weighted by molar-refractivity contribution is -0.0947. The summed E-state index contributed by atoms with van der Waals surface area (Å²) in [6.45, 7) is 4.33. The summed E-state index contributed by atoms with van der Waals surface area (Å²) in [7, 11) is 0. The van der Waals surface area contributed by atoms with E-state index in [2.05, 4.69) is 0 Å². The Hall–Kier alpha value is -0.610. The van der Waals surface area contributed by atoms with Crippen LogP contribution in [0.5, 0.6) is 0 Å². The third-order valence-corrected chi connectivity index (χ3v) is 0.709. The number of hydrogen-bond acceptors (Lipinski definition) is 0. The molecule has 0 fully saturated rings. The third kappa shape index (κ3) is 5.82. The summed E-state index contributed by atoms with van der Waals surface area (Å²) >= 11 is 0. The first-order valence-corrected chi connectivity index (χ1v) is 2.94. The smallest absolute Gasteiger partial charge is 0.173 e. The van der Waals surface area contributed by atoms with Gasteiger partial charge in [-0.15, -0.1) is 0 Å². The normalized spacial score (nSPS) is 9.82. The van der Waals surface area contributed by atoms with Gasteiger partial charge in [-0.25, -0.2) is 0 Å². The first-order valence-electron chi connectivity index (χ1n) is 2.94. The molecule has 0 aromatic rings. The summed E-state index contributed by atoms with van der Waals surface area (Å²) in [5.41, 5.74) is -1.83. The van der Waals surface area contributed by atoms with Gasteiger partial charge in [0.25, 0.3) is 6.08 Å². The molecule has 0 unspecified atom stereocenters. The van der Waals surface area contributed by atoms with E-state index in [-0.39, 0.29) is 0 Å². The Balaban J connectivity index is 0. The van der Waals surface area contributed by atoms with Gasteiger partial charge in [-0.2, -0.15) is 22.0 Å². The standard InChI is InChI=1S/C4H3F5.C2H6/c1-2(3(5)6)4(7,8)9;1-2/h1H3;1-2H3. The predicted octanol–water partition coefficient (Wildman–Crippen LogP) is 3.75. The van der Waals surface area contributed by atoms with Gasteiger partial charge in [-0.05, 0) is 6.92 Å². The van der Waals surface area contributed by atoms with Gasteiger partial charge in [-0.1, -0.05) is 13.8 Å². The Labute approximate surface area is 61.7 Å². The van der Waals surface area contributed by atoms with Crippen LogP contribution >= 0.6 is 0 Å². The average Bonchev–Trinajstić information content (AvgIpc) is 1.89. The van der Waals surface area contributed by atoms with Crippen molar-refractivity contribution in [3.63, 3.8) is 0 Å². The topological polar surface area (TPSA) is 0 Å². The highest BCUT2D eigenvalue weighted by atomic mass is 19.4. The maximum atomic E-state index is 11.2. The molecule has 0 aliphatic heterocycles. The highest BCUT2D eigenvalue weighted by Crippen LogP contribution is 2.28. The van der Waals surface area contributed by atoms with E-state index < -0.39 is 17.8 Å². The van der Waals surface area contributed by atoms with E-state index in [0.29, 0.717) is 6.92 Å². The summed E-state index contributed by atoms with van der Waals surface area (Å²) in [6, 6.07) is 0. The Bertz CT molecular complexity index is 128. The van der Waals surface area contributed by atoms with Gasteiger partial charge in [0.1, 0.15) is 0 Å². The van der Waals surface area contributed by atoms with Crippen molar-refractivity contribution in [1.29, 1.82) is 0 Å². The van der Waals surface area contributed by atoms with Crippen LogP contribution in [-0.2, 0) is 0 Å². The highest BCUT2D eigenvalue weighted by Gasteiger charge is 2.33. The van der Waals surface area contributed by atoms with Crippen LogP contribution in [0.25, 0.3) is 0 Å². The summed E-state index contributed by atoms with van der Waals surface area (Å²) in [6.07, 6.45) is -7.57. The largest absolute Gasteiger partial charge is 0.417 e.